The first-order valence-electron chi connectivity index (χ1n) is 12.7. The monoisotopic (exact) mass is 570 g/mol. The number of hydrogen-bond donors (Lipinski definition) is 0. The van der Waals surface area contributed by atoms with E-state index in [1.165, 1.54) is 17.4 Å². The van der Waals surface area contributed by atoms with Crippen LogP contribution in [-0.2, 0) is 22.9 Å². The summed E-state index contributed by atoms with van der Waals surface area (Å²) in [6.07, 6.45) is 6.67. The van der Waals surface area contributed by atoms with Crippen LogP contribution in [0.25, 0.3) is 22.3 Å². The highest BCUT2D eigenvalue weighted by Crippen LogP contribution is 2.22. The first-order chi connectivity index (χ1) is 19.2. The van der Waals surface area contributed by atoms with Crippen molar-refractivity contribution in [3.63, 3.8) is 0 Å². The largest absolute Gasteiger partial charge is 0.299 e. The predicted molar refractivity (Wildman–Crippen MR) is 161 cm³/mol. The second kappa shape index (κ2) is 11.6. The van der Waals surface area contributed by atoms with Gasteiger partial charge in [0.15, 0.2) is 16.5 Å². The van der Waals surface area contributed by atoms with Crippen LogP contribution < -0.4 is 0 Å². The van der Waals surface area contributed by atoms with Crippen LogP contribution in [0.15, 0.2) is 95.5 Å². The number of imidazole rings is 2. The number of fused-ring (bicyclic) bond motifs is 2. The van der Waals surface area contributed by atoms with Crippen LogP contribution in [0.5, 0.6) is 0 Å². The summed E-state index contributed by atoms with van der Waals surface area (Å²) in [5.74, 6) is 0. The van der Waals surface area contributed by atoms with E-state index in [1.54, 1.807) is 34.7 Å². The van der Waals surface area contributed by atoms with Gasteiger partial charge >= 0.3 is 0 Å². The molecule has 0 aliphatic carbocycles. The fraction of sp³-hybridized carbons (Fsp3) is 0.200. The van der Waals surface area contributed by atoms with E-state index in [0.29, 0.717) is 17.7 Å². The fourth-order valence-electron chi connectivity index (χ4n) is 4.35. The standard InChI is InChI=1S/C15H15N3O2S.C15H15N3S/c1-11-5-7-12(8-6-11)10-18-14-13(4-3-9-16-14)17-15(18)21(2,19)20;1-11-5-7-12(8-6-11)10-18-14-13(4-3-9-16-14)17-15(18)19-2/h3-9H,10H2,1-2H3;3-9H,10H2,1-2H3. The third-order valence-electron chi connectivity index (χ3n) is 6.37. The van der Waals surface area contributed by atoms with Crippen molar-refractivity contribution in [1.29, 1.82) is 0 Å². The van der Waals surface area contributed by atoms with Crippen LogP contribution in [0.4, 0.5) is 0 Å². The number of aromatic nitrogens is 6. The maximum atomic E-state index is 12.0. The molecule has 0 radical (unpaired) electrons. The molecule has 0 saturated heterocycles. The molecule has 6 aromatic rings. The van der Waals surface area contributed by atoms with Gasteiger partial charge in [0.1, 0.15) is 11.0 Å². The molecule has 0 atom stereocenters. The molecule has 204 valence electrons. The zero-order valence-corrected chi connectivity index (χ0v) is 24.4. The molecule has 0 aliphatic heterocycles. The van der Waals surface area contributed by atoms with Gasteiger partial charge < -0.3 is 0 Å². The number of thioether (sulfide) groups is 1. The molecule has 0 spiro atoms. The highest BCUT2D eigenvalue weighted by Gasteiger charge is 2.20. The van der Waals surface area contributed by atoms with Gasteiger partial charge in [-0.25, -0.2) is 28.4 Å². The smallest absolute Gasteiger partial charge is 0.229 e. The highest BCUT2D eigenvalue weighted by atomic mass is 32.2. The summed E-state index contributed by atoms with van der Waals surface area (Å²) < 4.78 is 27.7. The normalized spacial score (nSPS) is 11.5. The first kappa shape index (κ1) is 27.5. The zero-order valence-electron chi connectivity index (χ0n) is 22.8. The van der Waals surface area contributed by atoms with E-state index in [9.17, 15) is 8.42 Å². The van der Waals surface area contributed by atoms with E-state index in [2.05, 4.69) is 55.7 Å². The lowest BCUT2D eigenvalue weighted by Crippen LogP contribution is -2.10. The lowest BCUT2D eigenvalue weighted by Gasteiger charge is -2.07. The summed E-state index contributed by atoms with van der Waals surface area (Å²) in [5, 5.41) is 1.06. The predicted octanol–water partition coefficient (Wildman–Crippen LogP) is 5.70. The van der Waals surface area contributed by atoms with E-state index >= 15 is 0 Å². The number of aryl methyl sites for hydroxylation is 2. The number of benzene rings is 2. The molecular weight excluding hydrogens is 541 g/mol. The number of pyridine rings is 2. The van der Waals surface area contributed by atoms with Crippen molar-refractivity contribution in [3.8, 4) is 0 Å². The number of nitrogens with zero attached hydrogens (tertiary/aromatic N) is 6. The van der Waals surface area contributed by atoms with Gasteiger partial charge in [-0.15, -0.1) is 0 Å². The molecule has 6 rings (SSSR count). The summed E-state index contributed by atoms with van der Waals surface area (Å²) >= 11 is 1.66. The molecular formula is C30H30N6O2S2. The molecule has 0 aliphatic rings. The van der Waals surface area contributed by atoms with Crippen LogP contribution in [0.1, 0.15) is 22.3 Å². The summed E-state index contributed by atoms with van der Waals surface area (Å²) in [7, 11) is -3.41. The topological polar surface area (TPSA) is 95.6 Å². The summed E-state index contributed by atoms with van der Waals surface area (Å²) in [4.78, 5) is 17.5. The van der Waals surface area contributed by atoms with Gasteiger partial charge in [0.05, 0.1) is 13.1 Å². The van der Waals surface area contributed by atoms with Gasteiger partial charge in [0, 0.05) is 18.6 Å². The Morgan fingerprint density at radius 3 is 1.68 bits per heavy atom. The minimum atomic E-state index is -3.41. The van der Waals surface area contributed by atoms with E-state index in [0.717, 1.165) is 34.0 Å². The Morgan fingerprint density at radius 1 is 0.700 bits per heavy atom. The summed E-state index contributed by atoms with van der Waals surface area (Å²) in [5.41, 5.74) is 7.80. The minimum absolute atomic E-state index is 0.0526. The molecule has 4 aromatic heterocycles. The van der Waals surface area contributed by atoms with Gasteiger partial charge in [0.2, 0.25) is 15.0 Å². The summed E-state index contributed by atoms with van der Waals surface area (Å²) in [6.45, 7) is 5.35. The Bertz CT molecular complexity index is 1880. The van der Waals surface area contributed by atoms with Crippen LogP contribution in [-0.4, -0.2) is 50.0 Å². The maximum absolute atomic E-state index is 12.0. The van der Waals surface area contributed by atoms with Gasteiger partial charge in [-0.05, 0) is 55.5 Å². The molecule has 40 heavy (non-hydrogen) atoms. The van der Waals surface area contributed by atoms with Gasteiger partial charge in [0.25, 0.3) is 0 Å². The second-order valence-corrected chi connectivity index (χ2v) is 12.3. The third kappa shape index (κ3) is 6.08. The van der Waals surface area contributed by atoms with Crippen molar-refractivity contribution >= 4 is 43.9 Å². The van der Waals surface area contributed by atoms with Crippen LogP contribution >= 0.6 is 11.8 Å². The maximum Gasteiger partial charge on any atom is 0.229 e. The molecule has 4 heterocycles. The number of sulfone groups is 1. The van der Waals surface area contributed by atoms with E-state index in [1.807, 2.05) is 55.8 Å². The third-order valence-corrected chi connectivity index (χ3v) is 8.03. The van der Waals surface area contributed by atoms with Crippen molar-refractivity contribution in [2.75, 3.05) is 12.5 Å². The molecule has 0 bridgehead atoms. The lowest BCUT2D eigenvalue weighted by atomic mass is 10.1. The van der Waals surface area contributed by atoms with Crippen molar-refractivity contribution < 1.29 is 8.42 Å². The van der Waals surface area contributed by atoms with Gasteiger partial charge in [-0.1, -0.05) is 71.4 Å². The van der Waals surface area contributed by atoms with Crippen LogP contribution in [0.2, 0.25) is 0 Å². The molecule has 2 aromatic carbocycles. The molecule has 0 unspecified atom stereocenters. The average molecular weight is 571 g/mol. The van der Waals surface area contributed by atoms with Crippen LogP contribution in [0, 0.1) is 13.8 Å². The molecule has 0 saturated carbocycles. The lowest BCUT2D eigenvalue weighted by molar-refractivity contribution is 0.580. The van der Waals surface area contributed by atoms with Gasteiger partial charge in [-0.3, -0.25) is 9.13 Å². The van der Waals surface area contributed by atoms with Crippen molar-refractivity contribution in [1.82, 2.24) is 29.1 Å². The second-order valence-electron chi connectivity index (χ2n) is 9.60. The average Bonchev–Trinajstić information content (AvgIpc) is 3.50. The Kier molecular flexibility index (Phi) is 7.99. The molecule has 0 N–H and O–H groups in total. The molecule has 8 nitrogen and oxygen atoms in total. The fourth-order valence-corrected chi connectivity index (χ4v) is 5.73. The van der Waals surface area contributed by atoms with Crippen molar-refractivity contribution in [2.45, 2.75) is 37.2 Å². The highest BCUT2D eigenvalue weighted by molar-refractivity contribution is 7.98. The van der Waals surface area contributed by atoms with E-state index in [4.69, 9.17) is 0 Å². The van der Waals surface area contributed by atoms with Crippen LogP contribution in [0.3, 0.4) is 0 Å². The van der Waals surface area contributed by atoms with Crippen molar-refractivity contribution in [3.05, 3.63) is 107 Å². The molecule has 0 fully saturated rings. The zero-order chi connectivity index (χ0) is 28.3. The van der Waals surface area contributed by atoms with E-state index < -0.39 is 9.84 Å². The molecule has 10 heteroatoms. The molecule has 0 amide bonds. The Balaban J connectivity index is 0.000000162. The van der Waals surface area contributed by atoms with E-state index in [-0.39, 0.29) is 5.16 Å². The quantitative estimate of drug-likeness (QED) is 0.237. The number of hydrogen-bond acceptors (Lipinski definition) is 7. The minimum Gasteiger partial charge on any atom is -0.299 e. The SMILES string of the molecule is CSc1nc2cccnc2n1Cc1ccc(C)cc1.Cc1ccc(Cn2c(S(C)(=O)=O)nc3cccnc32)cc1. The first-order valence-corrected chi connectivity index (χ1v) is 15.8. The summed E-state index contributed by atoms with van der Waals surface area (Å²) in [6, 6.07) is 24.0. The van der Waals surface area contributed by atoms with Crippen molar-refractivity contribution in [2.24, 2.45) is 0 Å². The Morgan fingerprint density at radius 2 is 1.18 bits per heavy atom. The number of rotatable bonds is 6. The van der Waals surface area contributed by atoms with Gasteiger partial charge in [-0.2, -0.15) is 0 Å². The Labute approximate surface area is 238 Å². The Hall–Kier alpha value is -4.02.